The maximum absolute atomic E-state index is 11.4. The summed E-state index contributed by atoms with van der Waals surface area (Å²) in [6.45, 7) is 4.10. The Hall–Kier alpha value is -2.63. The summed E-state index contributed by atoms with van der Waals surface area (Å²) in [6, 6.07) is 12.8. The molecule has 2 aliphatic carbocycles. The second kappa shape index (κ2) is 8.86. The summed E-state index contributed by atoms with van der Waals surface area (Å²) < 4.78 is 6.37. The molecule has 1 aliphatic heterocycles. The van der Waals surface area contributed by atoms with E-state index in [2.05, 4.69) is 35.1 Å². The van der Waals surface area contributed by atoms with Gasteiger partial charge >= 0.3 is 5.97 Å². The van der Waals surface area contributed by atoms with Crippen molar-refractivity contribution in [3.05, 3.63) is 70.4 Å². The van der Waals surface area contributed by atoms with Gasteiger partial charge in [-0.05, 0) is 98.2 Å². The molecule has 0 spiro atoms. The normalized spacial score (nSPS) is 25.4. The molecule has 178 valence electrons. The molecule has 2 heterocycles. The van der Waals surface area contributed by atoms with E-state index >= 15 is 0 Å². The molecule has 3 aliphatic rings. The van der Waals surface area contributed by atoms with Crippen LogP contribution in [0.1, 0.15) is 83.2 Å². The van der Waals surface area contributed by atoms with Crippen LogP contribution in [0.5, 0.6) is 0 Å². The quantitative estimate of drug-likeness (QED) is 0.463. The average Bonchev–Trinajstić information content (AvgIpc) is 3.55. The minimum absolute atomic E-state index is 0.229. The van der Waals surface area contributed by atoms with E-state index in [0.29, 0.717) is 11.6 Å². The van der Waals surface area contributed by atoms with Gasteiger partial charge in [-0.2, -0.15) is 0 Å². The van der Waals surface area contributed by atoms with Gasteiger partial charge in [0.2, 0.25) is 0 Å². The molecule has 2 fully saturated rings. The number of hydrogen-bond acceptors (Lipinski definition) is 3. The summed E-state index contributed by atoms with van der Waals surface area (Å²) in [5.41, 5.74) is 7.13. The van der Waals surface area contributed by atoms with Gasteiger partial charge in [-0.25, -0.2) is 4.79 Å². The lowest BCUT2D eigenvalue weighted by atomic mass is 9.81. The molecular formula is C29H34N2O3. The number of rotatable bonds is 6. The van der Waals surface area contributed by atoms with Gasteiger partial charge in [0.05, 0.1) is 11.7 Å². The van der Waals surface area contributed by atoms with Crippen molar-refractivity contribution in [3.63, 3.8) is 0 Å². The summed E-state index contributed by atoms with van der Waals surface area (Å²) in [7, 11) is 0. The van der Waals surface area contributed by atoms with Crippen LogP contribution in [0.2, 0.25) is 0 Å². The van der Waals surface area contributed by atoms with Gasteiger partial charge in [0.1, 0.15) is 0 Å². The molecule has 2 N–H and O–H groups in total. The van der Waals surface area contributed by atoms with Gasteiger partial charge in [-0.1, -0.05) is 18.2 Å². The summed E-state index contributed by atoms with van der Waals surface area (Å²) in [6.07, 6.45) is 10.5. The highest BCUT2D eigenvalue weighted by Crippen LogP contribution is 2.46. The Morgan fingerprint density at radius 2 is 1.94 bits per heavy atom. The standard InChI is InChI=1S/C29H34N2O3/c1-18-15-22-3-2-4-25(27(22)24-11-13-30-28(18)24)31-14-12-23(34-17-19-5-6-19)16-26(31)20-7-9-21(10-8-20)29(32)33/h7-11,13,15,19,23,25-26,30H,2-6,12,14,16-17H2,1H3,(H,32,33)/t23-,25?,26-/m0/s1. The molecule has 5 nitrogen and oxygen atoms in total. The van der Waals surface area contributed by atoms with Crippen LogP contribution < -0.4 is 0 Å². The van der Waals surface area contributed by atoms with Gasteiger partial charge in [0, 0.05) is 42.3 Å². The third-order valence-electron chi connectivity index (χ3n) is 8.23. The predicted molar refractivity (Wildman–Crippen MR) is 133 cm³/mol. The Bertz CT molecular complexity index is 1190. The highest BCUT2D eigenvalue weighted by Gasteiger charge is 2.38. The number of likely N-dealkylation sites (tertiary alicyclic amines) is 1. The number of nitrogens with one attached hydrogen (secondary N) is 1. The number of aromatic nitrogens is 1. The van der Waals surface area contributed by atoms with Crippen molar-refractivity contribution in [1.82, 2.24) is 9.88 Å². The number of piperidine rings is 1. The SMILES string of the molecule is Cc1cc2c(c3cc[nH]c13)C(N1CC[C@H](OCC3CC3)C[C@H]1c1ccc(C(=O)O)cc1)CCC2. The number of carboxylic acid groups (broad SMARTS) is 1. The van der Waals surface area contributed by atoms with Crippen LogP contribution in [0, 0.1) is 12.8 Å². The van der Waals surface area contributed by atoms with E-state index in [1.54, 1.807) is 12.1 Å². The predicted octanol–water partition coefficient (Wildman–Crippen LogP) is 6.18. The number of H-pyrrole nitrogens is 1. The first-order valence-corrected chi connectivity index (χ1v) is 12.9. The number of benzene rings is 2. The summed E-state index contributed by atoms with van der Waals surface area (Å²) >= 11 is 0. The molecule has 3 atom stereocenters. The first kappa shape index (κ1) is 21.9. The Morgan fingerprint density at radius 1 is 1.12 bits per heavy atom. The molecule has 0 bridgehead atoms. The number of fused-ring (bicyclic) bond motifs is 3. The van der Waals surface area contributed by atoms with Crippen LogP contribution >= 0.6 is 0 Å². The van der Waals surface area contributed by atoms with E-state index < -0.39 is 5.97 Å². The van der Waals surface area contributed by atoms with Gasteiger partial charge in [0.25, 0.3) is 0 Å². The number of aryl methyl sites for hydroxylation is 2. The fourth-order valence-electron chi connectivity index (χ4n) is 6.27. The van der Waals surface area contributed by atoms with E-state index in [4.69, 9.17) is 4.74 Å². The molecule has 1 unspecified atom stereocenters. The van der Waals surface area contributed by atoms with Crippen molar-refractivity contribution in [1.29, 1.82) is 0 Å². The Kier molecular flexibility index (Phi) is 5.70. The molecule has 3 aromatic rings. The molecule has 1 aromatic heterocycles. The summed E-state index contributed by atoms with van der Waals surface area (Å²) in [5.74, 6) is -0.106. The van der Waals surface area contributed by atoms with E-state index in [1.165, 1.54) is 52.4 Å². The minimum Gasteiger partial charge on any atom is -0.478 e. The third-order valence-corrected chi connectivity index (χ3v) is 8.23. The number of carbonyl (C=O) groups is 1. The van der Waals surface area contributed by atoms with Crippen LogP contribution in [0.15, 0.2) is 42.6 Å². The van der Waals surface area contributed by atoms with E-state index in [9.17, 15) is 9.90 Å². The van der Waals surface area contributed by atoms with Crippen LogP contribution in [-0.2, 0) is 11.2 Å². The van der Waals surface area contributed by atoms with E-state index in [0.717, 1.165) is 44.8 Å². The van der Waals surface area contributed by atoms with Gasteiger partial charge in [0.15, 0.2) is 0 Å². The summed E-state index contributed by atoms with van der Waals surface area (Å²) in [4.78, 5) is 17.6. The van der Waals surface area contributed by atoms with Gasteiger partial charge < -0.3 is 14.8 Å². The number of hydrogen-bond donors (Lipinski definition) is 2. The zero-order chi connectivity index (χ0) is 23.2. The number of aromatic carboxylic acids is 1. The molecular weight excluding hydrogens is 424 g/mol. The zero-order valence-electron chi connectivity index (χ0n) is 19.9. The van der Waals surface area contributed by atoms with Gasteiger partial charge in [-0.3, -0.25) is 4.90 Å². The molecule has 5 heteroatoms. The molecule has 0 amide bonds. The van der Waals surface area contributed by atoms with Crippen LogP contribution in [-0.4, -0.2) is 40.2 Å². The monoisotopic (exact) mass is 458 g/mol. The van der Waals surface area contributed by atoms with E-state index in [1.807, 2.05) is 12.1 Å². The first-order chi connectivity index (χ1) is 16.6. The smallest absolute Gasteiger partial charge is 0.335 e. The minimum atomic E-state index is -0.871. The number of aromatic amines is 1. The van der Waals surface area contributed by atoms with Crippen LogP contribution in [0.3, 0.4) is 0 Å². The Morgan fingerprint density at radius 3 is 2.71 bits per heavy atom. The Labute approximate surface area is 201 Å². The topological polar surface area (TPSA) is 65.6 Å². The highest BCUT2D eigenvalue weighted by atomic mass is 16.5. The van der Waals surface area contributed by atoms with Crippen molar-refractivity contribution >= 4 is 16.9 Å². The molecule has 1 saturated carbocycles. The lowest BCUT2D eigenvalue weighted by Crippen LogP contribution is -2.43. The molecule has 34 heavy (non-hydrogen) atoms. The number of ether oxygens (including phenoxy) is 1. The van der Waals surface area contributed by atoms with Crippen molar-refractivity contribution in [2.45, 2.75) is 70.1 Å². The van der Waals surface area contributed by atoms with Crippen LogP contribution in [0.4, 0.5) is 0 Å². The number of nitrogens with zero attached hydrogens (tertiary/aromatic N) is 1. The van der Waals surface area contributed by atoms with Crippen molar-refractivity contribution < 1.29 is 14.6 Å². The fourth-order valence-corrected chi connectivity index (χ4v) is 6.27. The lowest BCUT2D eigenvalue weighted by Gasteiger charge is -2.46. The summed E-state index contributed by atoms with van der Waals surface area (Å²) in [5, 5.41) is 10.8. The Balaban J connectivity index is 1.36. The first-order valence-electron chi connectivity index (χ1n) is 12.9. The van der Waals surface area contributed by atoms with Gasteiger partial charge in [-0.15, -0.1) is 0 Å². The molecule has 6 rings (SSSR count). The van der Waals surface area contributed by atoms with E-state index in [-0.39, 0.29) is 12.1 Å². The number of carboxylic acids is 1. The fraction of sp³-hybridized carbons (Fsp3) is 0.483. The molecule has 0 radical (unpaired) electrons. The molecule has 2 aromatic carbocycles. The maximum atomic E-state index is 11.4. The average molecular weight is 459 g/mol. The van der Waals surface area contributed by atoms with Crippen molar-refractivity contribution in [3.8, 4) is 0 Å². The third kappa shape index (κ3) is 4.05. The second-order valence-electron chi connectivity index (χ2n) is 10.5. The highest BCUT2D eigenvalue weighted by molar-refractivity contribution is 5.88. The van der Waals surface area contributed by atoms with Crippen LogP contribution in [0.25, 0.3) is 10.9 Å². The zero-order valence-corrected chi connectivity index (χ0v) is 19.9. The van der Waals surface area contributed by atoms with Crippen molar-refractivity contribution in [2.75, 3.05) is 13.2 Å². The largest absolute Gasteiger partial charge is 0.478 e. The lowest BCUT2D eigenvalue weighted by molar-refractivity contribution is -0.0356. The van der Waals surface area contributed by atoms with Crippen molar-refractivity contribution in [2.24, 2.45) is 5.92 Å². The maximum Gasteiger partial charge on any atom is 0.335 e. The second-order valence-corrected chi connectivity index (χ2v) is 10.5. The molecule has 1 saturated heterocycles.